The van der Waals surface area contributed by atoms with Crippen molar-refractivity contribution in [3.63, 3.8) is 0 Å². The normalized spacial score (nSPS) is 17.8. The van der Waals surface area contributed by atoms with Gasteiger partial charge in [0.15, 0.2) is 0 Å². The number of anilines is 1. The van der Waals surface area contributed by atoms with Gasteiger partial charge in [-0.2, -0.15) is 0 Å². The lowest BCUT2D eigenvalue weighted by Crippen LogP contribution is -2.28. The summed E-state index contributed by atoms with van der Waals surface area (Å²) in [6, 6.07) is 5.49. The molecule has 0 saturated heterocycles. The Labute approximate surface area is 111 Å². The zero-order valence-electron chi connectivity index (χ0n) is 10.8. The van der Waals surface area contributed by atoms with Crippen LogP contribution in [-0.4, -0.2) is 20.9 Å². The molecule has 0 aromatic carbocycles. The number of hydrogen-bond acceptors (Lipinski definition) is 3. The highest BCUT2D eigenvalue weighted by Gasteiger charge is 2.26. The van der Waals surface area contributed by atoms with Gasteiger partial charge >= 0.3 is 0 Å². The Morgan fingerprint density at radius 1 is 1.47 bits per heavy atom. The second kappa shape index (κ2) is 4.84. The lowest BCUT2D eigenvalue weighted by Gasteiger charge is -2.20. The van der Waals surface area contributed by atoms with Gasteiger partial charge in [0.1, 0.15) is 11.6 Å². The Bertz CT molecular complexity index is 591. The van der Waals surface area contributed by atoms with Crippen LogP contribution >= 0.6 is 0 Å². The number of nitrogens with one attached hydrogen (secondary N) is 2. The van der Waals surface area contributed by atoms with Crippen molar-refractivity contribution in [2.45, 2.75) is 26.2 Å². The minimum absolute atomic E-state index is 0.00523. The Morgan fingerprint density at radius 2 is 2.37 bits per heavy atom. The molecule has 2 aromatic rings. The standard InChI is InChI=1S/C14H16N4O/c1-9-16-11-6-5-10(8-12(11)17-9)14(19)18-13-4-2-3-7-15-13/h2-4,7,10H,5-6,8H2,1H3,(H,16,17)(H,15,18,19)/t10-/m1/s1. The van der Waals surface area contributed by atoms with Crippen LogP contribution in [0.2, 0.25) is 0 Å². The summed E-state index contributed by atoms with van der Waals surface area (Å²) in [7, 11) is 0. The summed E-state index contributed by atoms with van der Waals surface area (Å²) >= 11 is 0. The summed E-state index contributed by atoms with van der Waals surface area (Å²) in [5, 5.41) is 2.86. The number of H-pyrrole nitrogens is 1. The third-order valence-corrected chi connectivity index (χ3v) is 3.45. The minimum atomic E-state index is -0.00523. The topological polar surface area (TPSA) is 70.7 Å². The number of carbonyl (C=O) groups is 1. The number of hydrogen-bond donors (Lipinski definition) is 2. The highest BCUT2D eigenvalue weighted by atomic mass is 16.1. The lowest BCUT2D eigenvalue weighted by atomic mass is 9.89. The highest BCUT2D eigenvalue weighted by Crippen LogP contribution is 2.24. The van der Waals surface area contributed by atoms with Crippen LogP contribution in [0.25, 0.3) is 0 Å². The van der Waals surface area contributed by atoms with E-state index in [1.54, 1.807) is 12.3 Å². The summed E-state index contributed by atoms with van der Waals surface area (Å²) in [6.07, 6.45) is 4.11. The number of rotatable bonds is 2. The van der Waals surface area contributed by atoms with Crippen LogP contribution in [0, 0.1) is 12.8 Å². The van der Waals surface area contributed by atoms with E-state index in [0.717, 1.165) is 36.5 Å². The molecule has 1 aliphatic carbocycles. The molecule has 1 aliphatic rings. The van der Waals surface area contributed by atoms with E-state index in [-0.39, 0.29) is 11.8 Å². The number of nitrogens with zero attached hydrogens (tertiary/aromatic N) is 2. The average Bonchev–Trinajstić information content (AvgIpc) is 2.78. The molecule has 0 saturated carbocycles. The van der Waals surface area contributed by atoms with Gasteiger partial charge in [-0.25, -0.2) is 9.97 Å². The fraction of sp³-hybridized carbons (Fsp3) is 0.357. The molecule has 1 amide bonds. The van der Waals surface area contributed by atoms with Crippen LogP contribution < -0.4 is 5.32 Å². The number of aryl methyl sites for hydroxylation is 2. The second-order valence-corrected chi connectivity index (χ2v) is 4.89. The van der Waals surface area contributed by atoms with E-state index in [9.17, 15) is 4.79 Å². The fourth-order valence-corrected chi connectivity index (χ4v) is 2.51. The molecule has 3 rings (SSSR count). The van der Waals surface area contributed by atoms with Crippen LogP contribution in [-0.2, 0) is 17.6 Å². The van der Waals surface area contributed by atoms with E-state index in [0.29, 0.717) is 5.82 Å². The quantitative estimate of drug-likeness (QED) is 0.861. The van der Waals surface area contributed by atoms with Gasteiger partial charge in [-0.05, 0) is 31.9 Å². The van der Waals surface area contributed by atoms with Gasteiger partial charge in [-0.15, -0.1) is 0 Å². The van der Waals surface area contributed by atoms with E-state index in [4.69, 9.17) is 0 Å². The van der Waals surface area contributed by atoms with Crippen LogP contribution in [0.1, 0.15) is 23.6 Å². The molecule has 0 aliphatic heterocycles. The van der Waals surface area contributed by atoms with Gasteiger partial charge < -0.3 is 10.3 Å². The zero-order chi connectivity index (χ0) is 13.2. The molecule has 98 valence electrons. The number of pyridine rings is 1. The molecule has 2 heterocycles. The number of carbonyl (C=O) groups excluding carboxylic acids is 1. The summed E-state index contributed by atoms with van der Waals surface area (Å²) < 4.78 is 0. The molecule has 1 atom stereocenters. The zero-order valence-corrected chi connectivity index (χ0v) is 10.8. The molecule has 0 bridgehead atoms. The van der Waals surface area contributed by atoms with Crippen molar-refractivity contribution >= 4 is 11.7 Å². The third-order valence-electron chi connectivity index (χ3n) is 3.45. The second-order valence-electron chi connectivity index (χ2n) is 4.89. The first kappa shape index (κ1) is 11.9. The Hall–Kier alpha value is -2.17. The van der Waals surface area contributed by atoms with Crippen LogP contribution in [0.15, 0.2) is 24.4 Å². The van der Waals surface area contributed by atoms with Gasteiger partial charge in [0.25, 0.3) is 0 Å². The number of aromatic nitrogens is 3. The number of aromatic amines is 1. The van der Waals surface area contributed by atoms with Crippen molar-refractivity contribution in [3.8, 4) is 0 Å². The van der Waals surface area contributed by atoms with Crippen molar-refractivity contribution in [1.82, 2.24) is 15.0 Å². The van der Waals surface area contributed by atoms with Gasteiger partial charge in [0, 0.05) is 24.2 Å². The van der Waals surface area contributed by atoms with Gasteiger partial charge in [-0.3, -0.25) is 4.79 Å². The molecule has 2 N–H and O–H groups in total. The molecule has 19 heavy (non-hydrogen) atoms. The molecule has 0 radical (unpaired) electrons. The molecular weight excluding hydrogens is 240 g/mol. The fourth-order valence-electron chi connectivity index (χ4n) is 2.51. The first-order valence-electron chi connectivity index (χ1n) is 6.48. The summed E-state index contributed by atoms with van der Waals surface area (Å²) in [5.74, 6) is 1.57. The Morgan fingerprint density at radius 3 is 3.16 bits per heavy atom. The molecule has 0 unspecified atom stereocenters. The summed E-state index contributed by atoms with van der Waals surface area (Å²) in [5.41, 5.74) is 2.21. The van der Waals surface area contributed by atoms with Crippen molar-refractivity contribution in [2.75, 3.05) is 5.32 Å². The van der Waals surface area contributed by atoms with Crippen molar-refractivity contribution in [2.24, 2.45) is 5.92 Å². The summed E-state index contributed by atoms with van der Waals surface area (Å²) in [4.78, 5) is 24.0. The molecule has 2 aromatic heterocycles. The lowest BCUT2D eigenvalue weighted by molar-refractivity contribution is -0.120. The van der Waals surface area contributed by atoms with Crippen molar-refractivity contribution in [3.05, 3.63) is 41.6 Å². The number of fused-ring (bicyclic) bond motifs is 1. The van der Waals surface area contributed by atoms with Crippen molar-refractivity contribution < 1.29 is 4.79 Å². The average molecular weight is 256 g/mol. The van der Waals surface area contributed by atoms with Crippen LogP contribution in [0.5, 0.6) is 0 Å². The minimum Gasteiger partial charge on any atom is -0.346 e. The van der Waals surface area contributed by atoms with E-state index >= 15 is 0 Å². The predicted molar refractivity (Wildman–Crippen MR) is 71.7 cm³/mol. The van der Waals surface area contributed by atoms with E-state index in [2.05, 4.69) is 20.3 Å². The molecule has 5 heteroatoms. The largest absolute Gasteiger partial charge is 0.346 e. The first-order valence-corrected chi connectivity index (χ1v) is 6.48. The van der Waals surface area contributed by atoms with E-state index in [1.165, 1.54) is 0 Å². The van der Waals surface area contributed by atoms with Crippen LogP contribution in [0.3, 0.4) is 0 Å². The number of amides is 1. The van der Waals surface area contributed by atoms with Gasteiger partial charge in [0.05, 0.1) is 5.69 Å². The summed E-state index contributed by atoms with van der Waals surface area (Å²) in [6.45, 7) is 1.95. The number of imidazole rings is 1. The monoisotopic (exact) mass is 256 g/mol. The van der Waals surface area contributed by atoms with Gasteiger partial charge in [0.2, 0.25) is 5.91 Å². The molecular formula is C14H16N4O. The van der Waals surface area contributed by atoms with E-state index < -0.39 is 0 Å². The first-order chi connectivity index (χ1) is 9.22. The highest BCUT2D eigenvalue weighted by molar-refractivity contribution is 5.91. The SMILES string of the molecule is Cc1nc2c([nH]1)C[C@H](C(=O)Nc1ccccn1)CC2. The third kappa shape index (κ3) is 2.50. The van der Waals surface area contributed by atoms with Crippen molar-refractivity contribution in [1.29, 1.82) is 0 Å². The van der Waals surface area contributed by atoms with E-state index in [1.807, 2.05) is 19.1 Å². The van der Waals surface area contributed by atoms with Gasteiger partial charge in [-0.1, -0.05) is 6.07 Å². The molecule has 0 fully saturated rings. The molecule has 5 nitrogen and oxygen atoms in total. The predicted octanol–water partition coefficient (Wildman–Crippen LogP) is 1.86. The maximum atomic E-state index is 12.2. The van der Waals surface area contributed by atoms with Crippen LogP contribution in [0.4, 0.5) is 5.82 Å². The Balaban J connectivity index is 1.69. The maximum Gasteiger partial charge on any atom is 0.229 e. The Kier molecular flexibility index (Phi) is 3.03. The smallest absolute Gasteiger partial charge is 0.229 e. The molecule has 0 spiro atoms. The maximum absolute atomic E-state index is 12.2.